The third-order valence-electron chi connectivity index (χ3n) is 6.25. The van der Waals surface area contributed by atoms with E-state index in [4.69, 9.17) is 30.5 Å². The van der Waals surface area contributed by atoms with Gasteiger partial charge in [0.1, 0.15) is 6.61 Å². The summed E-state index contributed by atoms with van der Waals surface area (Å²) in [6, 6.07) is 4.80. The Labute approximate surface area is 226 Å². The summed E-state index contributed by atoms with van der Waals surface area (Å²) in [7, 11) is 4.56. The van der Waals surface area contributed by atoms with E-state index >= 15 is 0 Å². The lowest BCUT2D eigenvalue weighted by Crippen LogP contribution is -2.26. The van der Waals surface area contributed by atoms with Crippen LogP contribution in [-0.2, 0) is 27.4 Å². The monoisotopic (exact) mass is 549 g/mol. The van der Waals surface area contributed by atoms with E-state index in [0.29, 0.717) is 64.0 Å². The Kier molecular flexibility index (Phi) is 10.1. The van der Waals surface area contributed by atoms with Crippen LogP contribution in [0, 0.1) is 0 Å². The van der Waals surface area contributed by atoms with Gasteiger partial charge in [-0.1, -0.05) is 6.07 Å². The van der Waals surface area contributed by atoms with Crippen molar-refractivity contribution in [2.75, 3.05) is 33.5 Å². The number of fused-ring (bicyclic) bond motifs is 3. The van der Waals surface area contributed by atoms with Crippen LogP contribution in [0.1, 0.15) is 48.9 Å². The lowest BCUT2D eigenvalue weighted by molar-refractivity contribution is -0.145. The van der Waals surface area contributed by atoms with E-state index in [0.717, 1.165) is 11.1 Å². The van der Waals surface area contributed by atoms with E-state index in [-0.39, 0.29) is 30.3 Å². The third-order valence-corrected chi connectivity index (χ3v) is 7.30. The minimum absolute atomic E-state index is 0.0467. The topological polar surface area (TPSA) is 100 Å². The van der Waals surface area contributed by atoms with Gasteiger partial charge in [0.25, 0.3) is 0 Å². The fraction of sp³-hybridized carbons (Fsp3) is 0.444. The molecule has 0 fully saturated rings. The minimum Gasteiger partial charge on any atom is -0.492 e. The standard InChI is InChI=1S/C27H32ClNO7S/c1-15(30)29-20-10-8-17-19(14-36-23(32)7-6-12-28)25(33-2)27(35-4)26(34-3)24(17)16-9-11-22(37-5)21(31)13-18(16)20/h9,11,13,20H,6-8,10,12,14H2,1-5H3,(H,29,30)/t20-/m1/s1. The molecule has 2 aromatic carbocycles. The number of benzene rings is 1. The van der Waals surface area contributed by atoms with Crippen molar-refractivity contribution in [1.82, 2.24) is 5.32 Å². The zero-order valence-corrected chi connectivity index (χ0v) is 23.3. The molecule has 0 unspecified atom stereocenters. The van der Waals surface area contributed by atoms with Crippen LogP contribution in [0.15, 0.2) is 27.9 Å². The van der Waals surface area contributed by atoms with E-state index in [1.165, 1.54) is 40.0 Å². The molecule has 1 amide bonds. The Morgan fingerprint density at radius 2 is 1.81 bits per heavy atom. The molecule has 1 aliphatic rings. The van der Waals surface area contributed by atoms with E-state index < -0.39 is 6.04 Å². The second-order valence-corrected chi connectivity index (χ2v) is 9.68. The highest BCUT2D eigenvalue weighted by Crippen LogP contribution is 2.52. The van der Waals surface area contributed by atoms with Crippen LogP contribution in [-0.4, -0.2) is 45.3 Å². The maximum absolute atomic E-state index is 13.0. The lowest BCUT2D eigenvalue weighted by Gasteiger charge is -2.23. The van der Waals surface area contributed by atoms with E-state index in [2.05, 4.69) is 5.32 Å². The van der Waals surface area contributed by atoms with Crippen LogP contribution >= 0.6 is 23.4 Å². The highest BCUT2D eigenvalue weighted by molar-refractivity contribution is 7.98. The smallest absolute Gasteiger partial charge is 0.306 e. The highest BCUT2D eigenvalue weighted by Gasteiger charge is 2.33. The van der Waals surface area contributed by atoms with Crippen LogP contribution in [0.2, 0.25) is 0 Å². The molecular weight excluding hydrogens is 518 g/mol. The van der Waals surface area contributed by atoms with Crippen LogP contribution in [0.4, 0.5) is 0 Å². The Morgan fingerprint density at radius 3 is 2.41 bits per heavy atom. The minimum atomic E-state index is -0.421. The fourth-order valence-corrected chi connectivity index (χ4v) is 5.27. The van der Waals surface area contributed by atoms with Crippen molar-refractivity contribution in [3.63, 3.8) is 0 Å². The number of amides is 1. The van der Waals surface area contributed by atoms with Crippen LogP contribution in [0.5, 0.6) is 17.2 Å². The average Bonchev–Trinajstić information content (AvgIpc) is 3.13. The summed E-state index contributed by atoms with van der Waals surface area (Å²) in [5, 5.41) is 2.99. The SMILES string of the molecule is COc1c(COC(=O)CCCCl)c2c(c(OC)c1OC)-c1ccc(SC)c(=O)cc1[C@H](NC(C)=O)CC2. The third kappa shape index (κ3) is 6.15. The molecule has 1 atom stereocenters. The molecular formula is C27H32ClNO7S. The van der Waals surface area contributed by atoms with Gasteiger partial charge in [-0.2, -0.15) is 0 Å². The van der Waals surface area contributed by atoms with Crippen molar-refractivity contribution < 1.29 is 28.5 Å². The lowest BCUT2D eigenvalue weighted by atomic mass is 9.91. The summed E-state index contributed by atoms with van der Waals surface area (Å²) in [6.07, 6.45) is 3.55. The first-order valence-electron chi connectivity index (χ1n) is 11.9. The quantitative estimate of drug-likeness (QED) is 0.260. The maximum Gasteiger partial charge on any atom is 0.306 e. The van der Waals surface area contributed by atoms with Gasteiger partial charge < -0.3 is 24.3 Å². The summed E-state index contributed by atoms with van der Waals surface area (Å²) in [5.74, 6) is 0.962. The molecule has 200 valence electrons. The van der Waals surface area contributed by atoms with Crippen molar-refractivity contribution in [1.29, 1.82) is 0 Å². The predicted molar refractivity (Wildman–Crippen MR) is 144 cm³/mol. The first kappa shape index (κ1) is 28.7. The summed E-state index contributed by atoms with van der Waals surface area (Å²) >= 11 is 7.08. The molecule has 1 aliphatic carbocycles. The normalized spacial score (nSPS) is 14.1. The second-order valence-electron chi connectivity index (χ2n) is 8.46. The van der Waals surface area contributed by atoms with Gasteiger partial charge in [0.2, 0.25) is 11.7 Å². The van der Waals surface area contributed by atoms with Gasteiger partial charge in [0, 0.05) is 30.4 Å². The number of carbonyl (C=O) groups excluding carboxylic acids is 2. The summed E-state index contributed by atoms with van der Waals surface area (Å²) in [6.45, 7) is 1.40. The Hall–Kier alpha value is -2.91. The van der Waals surface area contributed by atoms with Gasteiger partial charge in [0.05, 0.1) is 32.3 Å². The Balaban J connectivity index is 2.36. The Morgan fingerprint density at radius 1 is 1.11 bits per heavy atom. The zero-order chi connectivity index (χ0) is 27.1. The van der Waals surface area contributed by atoms with Crippen LogP contribution in [0.25, 0.3) is 11.1 Å². The van der Waals surface area contributed by atoms with Crippen LogP contribution in [0.3, 0.4) is 0 Å². The van der Waals surface area contributed by atoms with Crippen LogP contribution < -0.4 is 25.0 Å². The van der Waals surface area contributed by atoms with Crippen molar-refractivity contribution >= 4 is 35.2 Å². The molecule has 1 N–H and O–H groups in total. The first-order chi connectivity index (χ1) is 17.8. The molecule has 8 nitrogen and oxygen atoms in total. The second kappa shape index (κ2) is 13.1. The molecule has 0 radical (unpaired) electrons. The summed E-state index contributed by atoms with van der Waals surface area (Å²) in [4.78, 5) is 38.1. The molecule has 0 bridgehead atoms. The van der Waals surface area contributed by atoms with Crippen molar-refractivity contribution in [3.05, 3.63) is 45.1 Å². The summed E-state index contributed by atoms with van der Waals surface area (Å²) < 4.78 is 22.9. The number of carbonyl (C=O) groups is 2. The summed E-state index contributed by atoms with van der Waals surface area (Å²) in [5.41, 5.74) is 3.43. The number of alkyl halides is 1. The number of methoxy groups -OCH3 is 3. The van der Waals surface area contributed by atoms with E-state index in [1.54, 1.807) is 12.1 Å². The number of hydrogen-bond acceptors (Lipinski definition) is 8. The zero-order valence-electron chi connectivity index (χ0n) is 21.7. The molecule has 10 heteroatoms. The molecule has 0 spiro atoms. The largest absolute Gasteiger partial charge is 0.492 e. The molecule has 0 aromatic heterocycles. The highest BCUT2D eigenvalue weighted by atomic mass is 35.5. The van der Waals surface area contributed by atoms with Gasteiger partial charge in [-0.25, -0.2) is 0 Å². The molecule has 2 aromatic rings. The van der Waals surface area contributed by atoms with Crippen molar-refractivity contribution in [3.8, 4) is 28.4 Å². The molecule has 0 saturated heterocycles. The molecule has 0 heterocycles. The first-order valence-corrected chi connectivity index (χ1v) is 13.6. The van der Waals surface area contributed by atoms with E-state index in [9.17, 15) is 14.4 Å². The van der Waals surface area contributed by atoms with Gasteiger partial charge >= 0.3 is 5.97 Å². The van der Waals surface area contributed by atoms with Crippen molar-refractivity contribution in [2.24, 2.45) is 0 Å². The average molecular weight is 550 g/mol. The van der Waals surface area contributed by atoms with Gasteiger partial charge in [-0.3, -0.25) is 14.4 Å². The number of ether oxygens (including phenoxy) is 4. The predicted octanol–water partition coefficient (Wildman–Crippen LogP) is 4.65. The number of nitrogens with one attached hydrogen (secondary N) is 1. The Bertz CT molecular complexity index is 1230. The van der Waals surface area contributed by atoms with Gasteiger partial charge in [-0.05, 0) is 54.3 Å². The molecule has 0 aliphatic heterocycles. The molecule has 37 heavy (non-hydrogen) atoms. The number of thioether (sulfide) groups is 1. The van der Waals surface area contributed by atoms with Crippen molar-refractivity contribution in [2.45, 2.75) is 50.2 Å². The van der Waals surface area contributed by atoms with E-state index in [1.807, 2.05) is 12.3 Å². The number of rotatable bonds is 10. The molecule has 3 rings (SSSR count). The fourth-order valence-electron chi connectivity index (χ4n) is 4.68. The number of hydrogen-bond donors (Lipinski definition) is 1. The number of esters is 1. The number of halogens is 1. The molecule has 0 saturated carbocycles. The maximum atomic E-state index is 13.0. The van der Waals surface area contributed by atoms with Gasteiger partial charge in [0.15, 0.2) is 16.9 Å². The van der Waals surface area contributed by atoms with Gasteiger partial charge in [-0.15, -0.1) is 23.4 Å².